The smallest absolute Gasteiger partial charge is 0.268 e. The Morgan fingerprint density at radius 1 is 1.17 bits per heavy atom. The summed E-state index contributed by atoms with van der Waals surface area (Å²) in [6.45, 7) is 1.57. The SMILES string of the molecule is Cc1cc(C(F)(F)F)ccc1-c1ccc(=O)[nH]n1. The second-order valence-electron chi connectivity index (χ2n) is 3.83. The molecule has 0 saturated carbocycles. The Kier molecular flexibility index (Phi) is 2.94. The molecular weight excluding hydrogens is 245 g/mol. The first-order valence-corrected chi connectivity index (χ1v) is 5.12. The van der Waals surface area contributed by atoms with Gasteiger partial charge in [0.2, 0.25) is 0 Å². The summed E-state index contributed by atoms with van der Waals surface area (Å²) in [5.74, 6) is 0. The maximum Gasteiger partial charge on any atom is 0.416 e. The van der Waals surface area contributed by atoms with Crippen LogP contribution in [-0.2, 0) is 6.18 Å². The van der Waals surface area contributed by atoms with Crippen molar-refractivity contribution in [3.63, 3.8) is 0 Å². The highest BCUT2D eigenvalue weighted by Gasteiger charge is 2.30. The predicted molar refractivity (Wildman–Crippen MR) is 60.0 cm³/mol. The molecule has 0 aliphatic carbocycles. The lowest BCUT2D eigenvalue weighted by Gasteiger charge is -2.10. The third-order valence-electron chi connectivity index (χ3n) is 2.51. The molecule has 0 aliphatic rings. The van der Waals surface area contributed by atoms with Gasteiger partial charge >= 0.3 is 6.18 Å². The molecule has 2 aromatic rings. The standard InChI is InChI=1S/C12H9F3N2O/c1-7-6-8(12(13,14)15)2-3-9(7)10-4-5-11(18)17-16-10/h2-6H,1H3,(H,17,18). The molecule has 18 heavy (non-hydrogen) atoms. The van der Waals surface area contributed by atoms with E-state index in [0.29, 0.717) is 16.8 Å². The van der Waals surface area contributed by atoms with E-state index in [1.807, 2.05) is 0 Å². The average molecular weight is 254 g/mol. The summed E-state index contributed by atoms with van der Waals surface area (Å²) >= 11 is 0. The Hall–Kier alpha value is -2.11. The van der Waals surface area contributed by atoms with Crippen LogP contribution >= 0.6 is 0 Å². The summed E-state index contributed by atoms with van der Waals surface area (Å²) in [6.07, 6.45) is -4.36. The van der Waals surface area contributed by atoms with Gasteiger partial charge in [-0.05, 0) is 30.7 Å². The molecule has 6 heteroatoms. The van der Waals surface area contributed by atoms with Gasteiger partial charge in [-0.1, -0.05) is 6.07 Å². The van der Waals surface area contributed by atoms with Gasteiger partial charge in [-0.25, -0.2) is 5.10 Å². The quantitative estimate of drug-likeness (QED) is 0.850. The summed E-state index contributed by atoms with van der Waals surface area (Å²) in [5, 5.41) is 6.03. The zero-order valence-corrected chi connectivity index (χ0v) is 9.38. The van der Waals surface area contributed by atoms with Crippen LogP contribution in [0.5, 0.6) is 0 Å². The fourth-order valence-electron chi connectivity index (χ4n) is 1.62. The van der Waals surface area contributed by atoms with Crippen molar-refractivity contribution in [2.45, 2.75) is 13.1 Å². The molecule has 1 heterocycles. The Morgan fingerprint density at radius 3 is 2.39 bits per heavy atom. The van der Waals surface area contributed by atoms with Crippen molar-refractivity contribution in [3.05, 3.63) is 51.8 Å². The van der Waals surface area contributed by atoms with E-state index in [-0.39, 0.29) is 5.56 Å². The Labute approximate surface area is 100 Å². The number of alkyl halides is 3. The number of nitrogens with zero attached hydrogens (tertiary/aromatic N) is 1. The minimum absolute atomic E-state index is 0.358. The molecule has 0 bridgehead atoms. The Morgan fingerprint density at radius 2 is 1.89 bits per heavy atom. The van der Waals surface area contributed by atoms with Crippen molar-refractivity contribution >= 4 is 0 Å². The molecule has 1 N–H and O–H groups in total. The van der Waals surface area contributed by atoms with E-state index < -0.39 is 11.7 Å². The van der Waals surface area contributed by atoms with E-state index in [1.54, 1.807) is 6.92 Å². The van der Waals surface area contributed by atoms with Gasteiger partial charge in [-0.2, -0.15) is 18.3 Å². The minimum Gasteiger partial charge on any atom is -0.268 e. The summed E-state index contributed by atoms with van der Waals surface area (Å²) in [7, 11) is 0. The van der Waals surface area contributed by atoms with Crippen molar-refractivity contribution in [3.8, 4) is 11.3 Å². The fraction of sp³-hybridized carbons (Fsp3) is 0.167. The Balaban J connectivity index is 2.48. The number of hydrogen-bond donors (Lipinski definition) is 1. The van der Waals surface area contributed by atoms with Crippen LogP contribution in [0.2, 0.25) is 0 Å². The predicted octanol–water partition coefficient (Wildman–Crippen LogP) is 2.76. The molecule has 0 atom stereocenters. The minimum atomic E-state index is -4.36. The van der Waals surface area contributed by atoms with Gasteiger partial charge in [0.25, 0.3) is 5.56 Å². The molecule has 3 nitrogen and oxygen atoms in total. The van der Waals surface area contributed by atoms with Crippen molar-refractivity contribution in [1.29, 1.82) is 0 Å². The lowest BCUT2D eigenvalue weighted by Crippen LogP contribution is -2.07. The number of aromatic amines is 1. The van der Waals surface area contributed by atoms with Crippen molar-refractivity contribution in [1.82, 2.24) is 10.2 Å². The van der Waals surface area contributed by atoms with Gasteiger partial charge in [0.05, 0.1) is 11.3 Å². The molecule has 0 unspecified atom stereocenters. The van der Waals surface area contributed by atoms with Crippen LogP contribution in [0.15, 0.2) is 35.1 Å². The molecule has 1 aromatic heterocycles. The van der Waals surface area contributed by atoms with Crippen molar-refractivity contribution < 1.29 is 13.2 Å². The van der Waals surface area contributed by atoms with Crippen LogP contribution in [0.25, 0.3) is 11.3 Å². The van der Waals surface area contributed by atoms with Gasteiger partial charge in [0, 0.05) is 11.6 Å². The van der Waals surface area contributed by atoms with E-state index in [9.17, 15) is 18.0 Å². The monoisotopic (exact) mass is 254 g/mol. The first-order chi connectivity index (χ1) is 8.38. The average Bonchev–Trinajstić information content (AvgIpc) is 2.29. The van der Waals surface area contributed by atoms with E-state index in [0.717, 1.165) is 12.1 Å². The summed E-state index contributed by atoms with van der Waals surface area (Å²) in [6, 6.07) is 6.14. The largest absolute Gasteiger partial charge is 0.416 e. The Bertz CT molecular complexity index is 611. The number of H-pyrrole nitrogens is 1. The highest BCUT2D eigenvalue weighted by Crippen LogP contribution is 2.32. The van der Waals surface area contributed by atoms with Crippen LogP contribution in [0.4, 0.5) is 13.2 Å². The number of hydrogen-bond acceptors (Lipinski definition) is 2. The number of benzene rings is 1. The lowest BCUT2D eigenvalue weighted by molar-refractivity contribution is -0.137. The molecule has 0 fully saturated rings. The van der Waals surface area contributed by atoms with Crippen molar-refractivity contribution in [2.75, 3.05) is 0 Å². The van der Waals surface area contributed by atoms with E-state index in [2.05, 4.69) is 10.2 Å². The second kappa shape index (κ2) is 4.29. The topological polar surface area (TPSA) is 45.8 Å². The van der Waals surface area contributed by atoms with Crippen LogP contribution in [0, 0.1) is 6.92 Å². The molecule has 0 amide bonds. The molecule has 0 radical (unpaired) electrons. The van der Waals surface area contributed by atoms with Gasteiger partial charge < -0.3 is 0 Å². The number of aromatic nitrogens is 2. The third-order valence-corrected chi connectivity index (χ3v) is 2.51. The van der Waals surface area contributed by atoms with Gasteiger partial charge in [-0.3, -0.25) is 4.79 Å². The maximum absolute atomic E-state index is 12.5. The second-order valence-corrected chi connectivity index (χ2v) is 3.83. The summed E-state index contributed by atoms with van der Waals surface area (Å²) in [5.41, 5.74) is 0.376. The van der Waals surface area contributed by atoms with E-state index in [1.165, 1.54) is 18.2 Å². The number of aryl methyl sites for hydroxylation is 1. The number of rotatable bonds is 1. The third kappa shape index (κ3) is 2.42. The highest BCUT2D eigenvalue weighted by atomic mass is 19.4. The maximum atomic E-state index is 12.5. The van der Waals surface area contributed by atoms with Crippen LogP contribution in [-0.4, -0.2) is 10.2 Å². The van der Waals surface area contributed by atoms with E-state index >= 15 is 0 Å². The van der Waals surface area contributed by atoms with Gasteiger partial charge in [0.1, 0.15) is 0 Å². The number of nitrogens with one attached hydrogen (secondary N) is 1. The number of halogens is 3. The van der Waals surface area contributed by atoms with Gasteiger partial charge in [-0.15, -0.1) is 0 Å². The van der Waals surface area contributed by atoms with Crippen LogP contribution < -0.4 is 5.56 Å². The first-order valence-electron chi connectivity index (χ1n) is 5.12. The summed E-state index contributed by atoms with van der Waals surface area (Å²) in [4.78, 5) is 10.9. The zero-order chi connectivity index (χ0) is 13.3. The van der Waals surface area contributed by atoms with E-state index in [4.69, 9.17) is 0 Å². The zero-order valence-electron chi connectivity index (χ0n) is 9.38. The molecular formula is C12H9F3N2O. The normalized spacial score (nSPS) is 11.6. The lowest BCUT2D eigenvalue weighted by atomic mass is 10.0. The van der Waals surface area contributed by atoms with Gasteiger partial charge in [0.15, 0.2) is 0 Å². The van der Waals surface area contributed by atoms with Crippen LogP contribution in [0.1, 0.15) is 11.1 Å². The molecule has 0 saturated heterocycles. The molecule has 0 spiro atoms. The highest BCUT2D eigenvalue weighted by molar-refractivity contribution is 5.63. The fourth-order valence-corrected chi connectivity index (χ4v) is 1.62. The molecule has 1 aromatic carbocycles. The first kappa shape index (κ1) is 12.3. The molecule has 2 rings (SSSR count). The molecule has 94 valence electrons. The molecule has 0 aliphatic heterocycles. The van der Waals surface area contributed by atoms with Crippen molar-refractivity contribution in [2.24, 2.45) is 0 Å². The van der Waals surface area contributed by atoms with Crippen LogP contribution in [0.3, 0.4) is 0 Å². The summed E-state index contributed by atoms with van der Waals surface area (Å²) < 4.78 is 37.5.